The van der Waals surface area contributed by atoms with Crippen LogP contribution < -0.4 is 9.64 Å². The van der Waals surface area contributed by atoms with Crippen LogP contribution in [0.25, 0.3) is 0 Å². The van der Waals surface area contributed by atoms with Crippen molar-refractivity contribution < 1.29 is 14.6 Å². The van der Waals surface area contributed by atoms with Crippen molar-refractivity contribution in [3.05, 3.63) is 23.8 Å². The third kappa shape index (κ3) is 2.20. The van der Waals surface area contributed by atoms with Gasteiger partial charge in [0.25, 0.3) is 0 Å². The average molecular weight is 235 g/mol. The van der Waals surface area contributed by atoms with Crippen molar-refractivity contribution in [3.63, 3.8) is 0 Å². The first-order valence-electron chi connectivity index (χ1n) is 5.59. The van der Waals surface area contributed by atoms with E-state index in [1.165, 1.54) is 7.11 Å². The highest BCUT2D eigenvalue weighted by Crippen LogP contribution is 2.36. The minimum atomic E-state index is -0.913. The van der Waals surface area contributed by atoms with Gasteiger partial charge >= 0.3 is 5.97 Å². The number of anilines is 1. The van der Waals surface area contributed by atoms with Gasteiger partial charge in [0.1, 0.15) is 5.75 Å². The summed E-state index contributed by atoms with van der Waals surface area (Å²) in [7, 11) is 1.54. The number of carboxylic acids is 1. The summed E-state index contributed by atoms with van der Waals surface area (Å²) in [5, 5.41) is 9.20. The van der Waals surface area contributed by atoms with E-state index >= 15 is 0 Å². The molecule has 1 heterocycles. The van der Waals surface area contributed by atoms with Gasteiger partial charge in [0.2, 0.25) is 0 Å². The maximum Gasteiger partial charge on any atom is 0.337 e. The molecule has 0 saturated carbocycles. The van der Waals surface area contributed by atoms with Gasteiger partial charge < -0.3 is 14.7 Å². The van der Waals surface area contributed by atoms with Crippen LogP contribution in [-0.4, -0.2) is 31.3 Å². The summed E-state index contributed by atoms with van der Waals surface area (Å²) in [5.41, 5.74) is 1.35. The number of rotatable bonds is 3. The molecular weight excluding hydrogens is 218 g/mol. The molecule has 1 saturated heterocycles. The van der Waals surface area contributed by atoms with E-state index in [9.17, 15) is 9.90 Å². The van der Waals surface area contributed by atoms with E-state index in [1.54, 1.807) is 12.1 Å². The van der Waals surface area contributed by atoms with Gasteiger partial charge in [-0.15, -0.1) is 0 Å². The van der Waals surface area contributed by atoms with E-state index in [0.717, 1.165) is 18.8 Å². The number of aromatic carboxylic acids is 1. The molecule has 0 aromatic heterocycles. The van der Waals surface area contributed by atoms with Gasteiger partial charge in [-0.3, -0.25) is 0 Å². The Morgan fingerprint density at radius 3 is 2.53 bits per heavy atom. The fraction of sp³-hybridized carbons (Fsp3) is 0.462. The molecule has 1 aliphatic heterocycles. The van der Waals surface area contributed by atoms with Crippen LogP contribution in [0.5, 0.6) is 5.75 Å². The van der Waals surface area contributed by atoms with E-state index in [-0.39, 0.29) is 5.41 Å². The maximum absolute atomic E-state index is 11.2. The molecule has 0 radical (unpaired) electrons. The van der Waals surface area contributed by atoms with E-state index in [2.05, 4.69) is 18.7 Å². The Balaban J connectivity index is 2.31. The van der Waals surface area contributed by atoms with Gasteiger partial charge in [-0.1, -0.05) is 13.8 Å². The monoisotopic (exact) mass is 235 g/mol. The molecule has 1 N–H and O–H groups in total. The fourth-order valence-electron chi connectivity index (χ4n) is 2.25. The Bertz CT molecular complexity index is 446. The maximum atomic E-state index is 11.2. The molecule has 4 nitrogen and oxygen atoms in total. The van der Waals surface area contributed by atoms with Gasteiger partial charge in [0.15, 0.2) is 0 Å². The lowest BCUT2D eigenvalue weighted by Gasteiger charge is -2.47. The predicted molar refractivity (Wildman–Crippen MR) is 65.9 cm³/mol. The van der Waals surface area contributed by atoms with Crippen molar-refractivity contribution in [1.82, 2.24) is 0 Å². The predicted octanol–water partition coefficient (Wildman–Crippen LogP) is 2.24. The lowest BCUT2D eigenvalue weighted by Crippen LogP contribution is -2.53. The molecule has 0 aliphatic carbocycles. The molecule has 1 fully saturated rings. The number of carbonyl (C=O) groups is 1. The van der Waals surface area contributed by atoms with Crippen LogP contribution in [0, 0.1) is 5.41 Å². The number of methoxy groups -OCH3 is 1. The molecule has 0 unspecified atom stereocenters. The summed E-state index contributed by atoms with van der Waals surface area (Å²) < 4.78 is 5.05. The van der Waals surface area contributed by atoms with Gasteiger partial charge in [-0.2, -0.15) is 0 Å². The Labute approximate surface area is 101 Å². The lowest BCUT2D eigenvalue weighted by molar-refractivity contribution is 0.0696. The molecule has 1 aromatic carbocycles. The lowest BCUT2D eigenvalue weighted by atomic mass is 9.83. The van der Waals surface area contributed by atoms with Crippen LogP contribution in [0.4, 0.5) is 5.69 Å². The second-order valence-corrected chi connectivity index (χ2v) is 5.21. The quantitative estimate of drug-likeness (QED) is 0.873. The Kier molecular flexibility index (Phi) is 2.73. The Hall–Kier alpha value is -1.71. The van der Waals surface area contributed by atoms with Crippen LogP contribution >= 0.6 is 0 Å². The summed E-state index contributed by atoms with van der Waals surface area (Å²) >= 11 is 0. The zero-order valence-corrected chi connectivity index (χ0v) is 10.4. The van der Waals surface area contributed by atoms with Crippen molar-refractivity contribution >= 4 is 11.7 Å². The highest BCUT2D eigenvalue weighted by Gasteiger charge is 2.35. The molecule has 92 valence electrons. The summed E-state index contributed by atoms with van der Waals surface area (Å²) in [6.07, 6.45) is 0. The van der Waals surface area contributed by atoms with Gasteiger partial charge in [0, 0.05) is 13.1 Å². The van der Waals surface area contributed by atoms with Crippen LogP contribution in [0.2, 0.25) is 0 Å². The number of hydrogen-bond acceptors (Lipinski definition) is 3. The minimum Gasteiger partial charge on any atom is -0.497 e. The molecular formula is C13H17NO3. The minimum absolute atomic E-state index is 0.274. The van der Waals surface area contributed by atoms with Crippen LogP contribution in [0.15, 0.2) is 18.2 Å². The second kappa shape index (κ2) is 3.95. The molecule has 2 rings (SSSR count). The first-order valence-corrected chi connectivity index (χ1v) is 5.59. The number of nitrogens with zero attached hydrogens (tertiary/aromatic N) is 1. The molecule has 0 amide bonds. The van der Waals surface area contributed by atoms with Crippen LogP contribution in [0.1, 0.15) is 24.2 Å². The molecule has 1 aromatic rings. The second-order valence-electron chi connectivity index (χ2n) is 5.21. The van der Waals surface area contributed by atoms with Crippen molar-refractivity contribution in [2.75, 3.05) is 25.1 Å². The van der Waals surface area contributed by atoms with Crippen molar-refractivity contribution in [3.8, 4) is 5.75 Å². The van der Waals surface area contributed by atoms with Gasteiger partial charge in [0.05, 0.1) is 18.4 Å². The number of hydrogen-bond donors (Lipinski definition) is 1. The first-order chi connectivity index (χ1) is 7.93. The van der Waals surface area contributed by atoms with E-state index < -0.39 is 5.97 Å². The van der Waals surface area contributed by atoms with E-state index in [4.69, 9.17) is 4.74 Å². The summed E-state index contributed by atoms with van der Waals surface area (Å²) in [4.78, 5) is 13.3. The first kappa shape index (κ1) is 11.8. The highest BCUT2D eigenvalue weighted by molar-refractivity contribution is 5.95. The third-order valence-corrected chi connectivity index (χ3v) is 3.01. The normalized spacial score (nSPS) is 17.5. The standard InChI is InChI=1S/C13H17NO3/c1-13(2)7-14(8-13)11-5-4-9(17-3)6-10(11)12(15)16/h4-6H,7-8H2,1-3H3,(H,15,16). The molecule has 0 spiro atoms. The average Bonchev–Trinajstić information content (AvgIpc) is 2.24. The van der Waals surface area contributed by atoms with Crippen molar-refractivity contribution in [2.45, 2.75) is 13.8 Å². The summed E-state index contributed by atoms with van der Waals surface area (Å²) in [6, 6.07) is 5.19. The molecule has 0 bridgehead atoms. The van der Waals surface area contributed by atoms with E-state index in [0.29, 0.717) is 11.3 Å². The fourth-order valence-corrected chi connectivity index (χ4v) is 2.25. The Morgan fingerprint density at radius 1 is 1.41 bits per heavy atom. The smallest absolute Gasteiger partial charge is 0.337 e. The number of carboxylic acid groups (broad SMARTS) is 1. The van der Waals surface area contributed by atoms with Crippen LogP contribution in [-0.2, 0) is 0 Å². The van der Waals surface area contributed by atoms with Gasteiger partial charge in [-0.25, -0.2) is 4.79 Å². The number of benzene rings is 1. The number of ether oxygens (including phenoxy) is 1. The molecule has 17 heavy (non-hydrogen) atoms. The van der Waals surface area contributed by atoms with Crippen molar-refractivity contribution in [1.29, 1.82) is 0 Å². The zero-order valence-electron chi connectivity index (χ0n) is 10.4. The highest BCUT2D eigenvalue weighted by atomic mass is 16.5. The molecule has 4 heteroatoms. The van der Waals surface area contributed by atoms with Crippen molar-refractivity contribution in [2.24, 2.45) is 5.41 Å². The van der Waals surface area contributed by atoms with Gasteiger partial charge in [-0.05, 0) is 23.6 Å². The molecule has 0 atom stereocenters. The SMILES string of the molecule is COc1ccc(N2CC(C)(C)C2)c(C(=O)O)c1. The summed E-state index contributed by atoms with van der Waals surface area (Å²) in [6.45, 7) is 6.13. The molecule has 1 aliphatic rings. The third-order valence-electron chi connectivity index (χ3n) is 3.01. The van der Waals surface area contributed by atoms with Crippen LogP contribution in [0.3, 0.4) is 0 Å². The largest absolute Gasteiger partial charge is 0.497 e. The Morgan fingerprint density at radius 2 is 2.06 bits per heavy atom. The zero-order chi connectivity index (χ0) is 12.6. The van der Waals surface area contributed by atoms with E-state index in [1.807, 2.05) is 6.07 Å². The summed E-state index contributed by atoms with van der Waals surface area (Å²) in [5.74, 6) is -0.338. The topological polar surface area (TPSA) is 49.8 Å².